The van der Waals surface area contributed by atoms with Crippen LogP contribution in [0.25, 0.3) is 0 Å². The minimum Gasteiger partial charge on any atom is -0.393 e. The van der Waals surface area contributed by atoms with Gasteiger partial charge in [0.1, 0.15) is 5.69 Å². The Balaban J connectivity index is 3.38. The molecule has 0 unspecified atom stereocenters. The fourth-order valence-electron chi connectivity index (χ4n) is 2.06. The van der Waals surface area contributed by atoms with Crippen LogP contribution in [0.2, 0.25) is 0 Å². The van der Waals surface area contributed by atoms with Crippen LogP contribution in [0.15, 0.2) is 17.0 Å². The van der Waals surface area contributed by atoms with Crippen molar-refractivity contribution in [2.75, 3.05) is 19.3 Å². The number of hydrogen-bond donors (Lipinski definition) is 1. The summed E-state index contributed by atoms with van der Waals surface area (Å²) in [5.74, 6) is 0. The molecule has 0 amide bonds. The second-order valence-electron chi connectivity index (χ2n) is 6.26. The van der Waals surface area contributed by atoms with E-state index in [9.17, 15) is 18.5 Å². The van der Waals surface area contributed by atoms with Crippen molar-refractivity contribution in [2.45, 2.75) is 32.6 Å². The minimum absolute atomic E-state index is 0.0464. The molecular formula is C13H21N3O4S. The highest BCUT2D eigenvalue weighted by molar-refractivity contribution is 7.89. The number of nitro benzene ring substituents is 1. The number of sulfonamides is 1. The van der Waals surface area contributed by atoms with E-state index >= 15 is 0 Å². The summed E-state index contributed by atoms with van der Waals surface area (Å²) in [6.45, 7) is 7.61. The molecule has 1 aromatic carbocycles. The first kappa shape index (κ1) is 17.4. The van der Waals surface area contributed by atoms with Crippen LogP contribution >= 0.6 is 0 Å². The average Bonchev–Trinajstić information content (AvgIpc) is 2.25. The first-order valence-corrected chi connectivity index (χ1v) is 7.81. The molecule has 0 saturated heterocycles. The Morgan fingerprint density at radius 2 is 1.86 bits per heavy atom. The van der Waals surface area contributed by atoms with E-state index < -0.39 is 20.6 Å². The molecule has 0 aliphatic carbocycles. The van der Waals surface area contributed by atoms with E-state index in [1.807, 2.05) is 20.8 Å². The lowest BCUT2D eigenvalue weighted by molar-refractivity contribution is -0.384. The lowest BCUT2D eigenvalue weighted by Crippen LogP contribution is -2.34. The molecule has 0 radical (unpaired) electrons. The smallest absolute Gasteiger partial charge is 0.293 e. The van der Waals surface area contributed by atoms with Crippen LogP contribution < -0.4 is 5.73 Å². The molecule has 118 valence electrons. The number of nitro groups is 1. The molecule has 0 atom stereocenters. The van der Waals surface area contributed by atoms with Crippen molar-refractivity contribution < 1.29 is 13.3 Å². The Kier molecular flexibility index (Phi) is 4.64. The predicted molar refractivity (Wildman–Crippen MR) is 81.5 cm³/mol. The van der Waals surface area contributed by atoms with Gasteiger partial charge in [-0.25, -0.2) is 12.7 Å². The number of anilines is 1. The fourth-order valence-corrected chi connectivity index (χ4v) is 3.68. The third-order valence-corrected chi connectivity index (χ3v) is 4.85. The van der Waals surface area contributed by atoms with Gasteiger partial charge in [0.25, 0.3) is 5.69 Å². The van der Waals surface area contributed by atoms with Crippen LogP contribution in [0, 0.1) is 22.5 Å². The van der Waals surface area contributed by atoms with E-state index in [-0.39, 0.29) is 16.0 Å². The normalized spacial score (nSPS) is 12.7. The van der Waals surface area contributed by atoms with Gasteiger partial charge < -0.3 is 5.73 Å². The van der Waals surface area contributed by atoms with Crippen molar-refractivity contribution in [3.8, 4) is 0 Å². The number of aryl methyl sites for hydroxylation is 1. The van der Waals surface area contributed by atoms with E-state index in [2.05, 4.69) is 0 Å². The zero-order valence-corrected chi connectivity index (χ0v) is 13.7. The minimum atomic E-state index is -3.80. The standard InChI is InChI=1S/C13H21N3O4S/c1-9-6-10(14)11(16(17)18)7-12(9)21(19,20)15(5)8-13(2,3)4/h6-7H,8,14H2,1-5H3. The molecule has 1 rings (SSSR count). The van der Waals surface area contributed by atoms with Gasteiger partial charge in [-0.2, -0.15) is 0 Å². The lowest BCUT2D eigenvalue weighted by atomic mass is 9.97. The SMILES string of the molecule is Cc1cc(N)c([N+](=O)[O-])cc1S(=O)(=O)N(C)CC(C)(C)C. The molecule has 0 bridgehead atoms. The quantitative estimate of drug-likeness (QED) is 0.520. The van der Waals surface area contributed by atoms with Crippen molar-refractivity contribution in [1.29, 1.82) is 0 Å². The summed E-state index contributed by atoms with van der Waals surface area (Å²) in [6.07, 6.45) is 0. The third kappa shape index (κ3) is 3.92. The third-order valence-electron chi connectivity index (χ3n) is 2.91. The Hall–Kier alpha value is -1.67. The lowest BCUT2D eigenvalue weighted by Gasteiger charge is -2.26. The first-order chi connectivity index (χ1) is 9.36. The van der Waals surface area contributed by atoms with Crippen LogP contribution in [0.4, 0.5) is 11.4 Å². The number of hydrogen-bond acceptors (Lipinski definition) is 5. The number of nitrogen functional groups attached to an aromatic ring is 1. The molecule has 0 spiro atoms. The summed E-state index contributed by atoms with van der Waals surface area (Å²) in [4.78, 5) is 10.2. The molecule has 0 aliphatic rings. The van der Waals surface area contributed by atoms with Gasteiger partial charge in [-0.15, -0.1) is 0 Å². The molecule has 1 aromatic rings. The maximum Gasteiger partial charge on any atom is 0.293 e. The molecule has 0 heterocycles. The fraction of sp³-hybridized carbons (Fsp3) is 0.538. The number of nitrogens with two attached hydrogens (primary N) is 1. The largest absolute Gasteiger partial charge is 0.393 e. The van der Waals surface area contributed by atoms with Crippen molar-refractivity contribution >= 4 is 21.4 Å². The predicted octanol–water partition coefficient (Wildman–Crippen LogP) is 2.15. The summed E-state index contributed by atoms with van der Waals surface area (Å²) in [7, 11) is -2.34. The van der Waals surface area contributed by atoms with Crippen molar-refractivity contribution in [3.63, 3.8) is 0 Å². The van der Waals surface area contributed by atoms with Crippen LogP contribution in [0.5, 0.6) is 0 Å². The van der Waals surface area contributed by atoms with E-state index in [4.69, 9.17) is 5.73 Å². The number of benzene rings is 1. The highest BCUT2D eigenvalue weighted by Crippen LogP contribution is 2.30. The Labute approximate surface area is 124 Å². The average molecular weight is 315 g/mol. The van der Waals surface area contributed by atoms with Gasteiger partial charge in [-0.05, 0) is 24.0 Å². The van der Waals surface area contributed by atoms with Crippen molar-refractivity contribution in [1.82, 2.24) is 4.31 Å². The molecule has 7 nitrogen and oxygen atoms in total. The molecule has 0 aromatic heterocycles. The van der Waals surface area contributed by atoms with E-state index in [0.29, 0.717) is 12.1 Å². The second-order valence-corrected chi connectivity index (χ2v) is 8.27. The molecule has 2 N–H and O–H groups in total. The van der Waals surface area contributed by atoms with E-state index in [1.165, 1.54) is 17.4 Å². The highest BCUT2D eigenvalue weighted by atomic mass is 32.2. The molecule has 0 saturated carbocycles. The second kappa shape index (κ2) is 5.61. The Morgan fingerprint density at radius 1 is 1.33 bits per heavy atom. The van der Waals surface area contributed by atoms with Crippen LogP contribution in [-0.2, 0) is 10.0 Å². The maximum atomic E-state index is 12.6. The summed E-state index contributed by atoms with van der Waals surface area (Å²) in [5, 5.41) is 10.9. The van der Waals surface area contributed by atoms with Gasteiger partial charge in [0.2, 0.25) is 10.0 Å². The van der Waals surface area contributed by atoms with Crippen LogP contribution in [0.3, 0.4) is 0 Å². The summed E-state index contributed by atoms with van der Waals surface area (Å²) in [5.41, 5.74) is 5.28. The monoisotopic (exact) mass is 315 g/mol. The number of rotatable bonds is 4. The molecule has 21 heavy (non-hydrogen) atoms. The zero-order valence-electron chi connectivity index (χ0n) is 12.9. The molecule has 8 heteroatoms. The molecule has 0 aliphatic heterocycles. The van der Waals surface area contributed by atoms with Crippen LogP contribution in [-0.4, -0.2) is 31.2 Å². The molecular weight excluding hydrogens is 294 g/mol. The first-order valence-electron chi connectivity index (χ1n) is 6.37. The van der Waals surface area contributed by atoms with E-state index in [0.717, 1.165) is 6.07 Å². The van der Waals surface area contributed by atoms with Crippen molar-refractivity contribution in [3.05, 3.63) is 27.8 Å². The van der Waals surface area contributed by atoms with Gasteiger partial charge >= 0.3 is 0 Å². The van der Waals surface area contributed by atoms with Gasteiger partial charge in [0, 0.05) is 19.7 Å². The highest BCUT2D eigenvalue weighted by Gasteiger charge is 2.29. The van der Waals surface area contributed by atoms with Crippen molar-refractivity contribution in [2.24, 2.45) is 5.41 Å². The Bertz CT molecular complexity index is 663. The van der Waals surface area contributed by atoms with Gasteiger partial charge in [0.05, 0.1) is 9.82 Å². The zero-order chi connectivity index (χ0) is 16.6. The summed E-state index contributed by atoms with van der Waals surface area (Å²) >= 11 is 0. The number of nitrogens with zero attached hydrogens (tertiary/aromatic N) is 2. The van der Waals surface area contributed by atoms with Crippen LogP contribution in [0.1, 0.15) is 26.3 Å². The summed E-state index contributed by atoms with van der Waals surface area (Å²) in [6, 6.07) is 2.34. The van der Waals surface area contributed by atoms with Gasteiger partial charge in [-0.1, -0.05) is 20.8 Å². The van der Waals surface area contributed by atoms with Gasteiger partial charge in [-0.3, -0.25) is 10.1 Å². The van der Waals surface area contributed by atoms with Gasteiger partial charge in [0.15, 0.2) is 0 Å². The van der Waals surface area contributed by atoms with E-state index in [1.54, 1.807) is 6.92 Å². The summed E-state index contributed by atoms with van der Waals surface area (Å²) < 4.78 is 26.4. The molecule has 0 fully saturated rings. The topological polar surface area (TPSA) is 107 Å². The Morgan fingerprint density at radius 3 is 2.29 bits per heavy atom. The maximum absolute atomic E-state index is 12.6.